The highest BCUT2D eigenvalue weighted by Gasteiger charge is 2.01. The molecular formula is C11H11O2. The summed E-state index contributed by atoms with van der Waals surface area (Å²) >= 11 is 0. The monoisotopic (exact) mass is 175 g/mol. The lowest BCUT2D eigenvalue weighted by Gasteiger charge is -1.89. The van der Waals surface area contributed by atoms with Gasteiger partial charge in [-0.1, -0.05) is 18.2 Å². The first-order valence-corrected chi connectivity index (χ1v) is 4.46. The molecular weight excluding hydrogens is 164 g/mol. The van der Waals surface area contributed by atoms with Gasteiger partial charge in [0, 0.05) is 11.8 Å². The van der Waals surface area contributed by atoms with E-state index in [-0.39, 0.29) is 6.61 Å². The van der Waals surface area contributed by atoms with Gasteiger partial charge in [-0.3, -0.25) is 0 Å². The summed E-state index contributed by atoms with van der Waals surface area (Å²) in [5, 5.41) is 11.4. The van der Waals surface area contributed by atoms with E-state index in [0.717, 1.165) is 23.2 Å². The van der Waals surface area contributed by atoms with E-state index in [1.54, 1.807) is 0 Å². The van der Waals surface area contributed by atoms with Crippen molar-refractivity contribution in [3.05, 3.63) is 36.1 Å². The summed E-state index contributed by atoms with van der Waals surface area (Å²) in [6, 6.07) is 9.89. The number of fused-ring (bicyclic) bond motifs is 1. The van der Waals surface area contributed by atoms with Crippen molar-refractivity contribution in [3.63, 3.8) is 0 Å². The smallest absolute Gasteiger partial charge is 0.134 e. The Morgan fingerprint density at radius 1 is 1.23 bits per heavy atom. The molecule has 0 N–H and O–H groups in total. The van der Waals surface area contributed by atoms with Gasteiger partial charge < -0.3 is 4.42 Å². The molecule has 1 aromatic carbocycles. The van der Waals surface area contributed by atoms with Crippen molar-refractivity contribution < 1.29 is 9.52 Å². The molecule has 0 aliphatic carbocycles. The molecule has 0 atom stereocenters. The van der Waals surface area contributed by atoms with Crippen LogP contribution in [0.15, 0.2) is 34.7 Å². The van der Waals surface area contributed by atoms with Gasteiger partial charge in [-0.2, -0.15) is 0 Å². The molecule has 1 heterocycles. The molecule has 2 nitrogen and oxygen atoms in total. The van der Waals surface area contributed by atoms with Crippen LogP contribution in [0.4, 0.5) is 0 Å². The second kappa shape index (κ2) is 3.62. The molecule has 13 heavy (non-hydrogen) atoms. The standard InChI is InChI=1S/C11H11O2/c12-7-3-5-10-8-9-4-1-2-6-11(9)13-10/h1-2,4,6,8H,3,5,7H2. The summed E-state index contributed by atoms with van der Waals surface area (Å²) in [5.74, 6) is 0.914. The number of hydrogen-bond acceptors (Lipinski definition) is 1. The van der Waals surface area contributed by atoms with E-state index in [1.165, 1.54) is 0 Å². The zero-order valence-electron chi connectivity index (χ0n) is 7.32. The third-order valence-corrected chi connectivity index (χ3v) is 2.04. The van der Waals surface area contributed by atoms with Gasteiger partial charge in [0.15, 0.2) is 0 Å². The molecule has 0 spiro atoms. The maximum absolute atomic E-state index is 10.3. The molecule has 0 unspecified atom stereocenters. The molecule has 1 radical (unpaired) electrons. The number of para-hydroxylation sites is 1. The van der Waals surface area contributed by atoms with Crippen LogP contribution in [0.2, 0.25) is 0 Å². The van der Waals surface area contributed by atoms with E-state index in [0.29, 0.717) is 6.42 Å². The highest BCUT2D eigenvalue weighted by molar-refractivity contribution is 5.77. The summed E-state index contributed by atoms with van der Waals surface area (Å²) in [6.07, 6.45) is 1.40. The Hall–Kier alpha value is -1.28. The first-order valence-electron chi connectivity index (χ1n) is 4.46. The number of hydrogen-bond donors (Lipinski definition) is 0. The molecule has 2 heteroatoms. The van der Waals surface area contributed by atoms with Gasteiger partial charge in [0.25, 0.3) is 0 Å². The fourth-order valence-electron chi connectivity index (χ4n) is 1.41. The van der Waals surface area contributed by atoms with E-state index in [4.69, 9.17) is 4.42 Å². The van der Waals surface area contributed by atoms with E-state index in [9.17, 15) is 5.11 Å². The van der Waals surface area contributed by atoms with Crippen LogP contribution in [0.3, 0.4) is 0 Å². The lowest BCUT2D eigenvalue weighted by molar-refractivity contribution is 0.187. The van der Waals surface area contributed by atoms with E-state index in [2.05, 4.69) is 0 Å². The van der Waals surface area contributed by atoms with Gasteiger partial charge in [0.05, 0.1) is 6.61 Å². The van der Waals surface area contributed by atoms with E-state index in [1.807, 2.05) is 30.3 Å². The van der Waals surface area contributed by atoms with Gasteiger partial charge in [0.2, 0.25) is 0 Å². The van der Waals surface area contributed by atoms with Crippen molar-refractivity contribution in [1.82, 2.24) is 0 Å². The number of benzene rings is 1. The number of rotatable bonds is 3. The minimum absolute atomic E-state index is 0.0307. The van der Waals surface area contributed by atoms with E-state index < -0.39 is 0 Å². The summed E-state index contributed by atoms with van der Waals surface area (Å²) in [4.78, 5) is 0. The maximum Gasteiger partial charge on any atom is 0.134 e. The van der Waals surface area contributed by atoms with Crippen molar-refractivity contribution in [2.75, 3.05) is 6.61 Å². The maximum atomic E-state index is 10.3. The largest absolute Gasteiger partial charge is 0.461 e. The SMILES string of the molecule is [O]CCCc1cc2ccccc2o1. The van der Waals surface area contributed by atoms with Crippen molar-refractivity contribution >= 4 is 11.0 Å². The third-order valence-electron chi connectivity index (χ3n) is 2.04. The van der Waals surface area contributed by atoms with Crippen LogP contribution in [0.25, 0.3) is 11.0 Å². The molecule has 0 amide bonds. The molecule has 0 bridgehead atoms. The van der Waals surface area contributed by atoms with Crippen molar-refractivity contribution in [1.29, 1.82) is 0 Å². The lowest BCUT2D eigenvalue weighted by Crippen LogP contribution is -1.84. The summed E-state index contributed by atoms with van der Waals surface area (Å²) in [5.41, 5.74) is 0.906. The number of furan rings is 1. The molecule has 0 aliphatic heterocycles. The van der Waals surface area contributed by atoms with Gasteiger partial charge in [-0.15, -0.1) is 0 Å². The van der Waals surface area contributed by atoms with Crippen LogP contribution in [0.1, 0.15) is 12.2 Å². The van der Waals surface area contributed by atoms with Crippen LogP contribution < -0.4 is 0 Å². The third kappa shape index (κ3) is 1.73. The molecule has 0 saturated heterocycles. The first-order chi connectivity index (χ1) is 6.40. The predicted octanol–water partition coefficient (Wildman–Crippen LogP) is 2.80. The van der Waals surface area contributed by atoms with Crippen molar-refractivity contribution in [2.24, 2.45) is 0 Å². The average Bonchev–Trinajstić information content (AvgIpc) is 2.57. The fourth-order valence-corrected chi connectivity index (χ4v) is 1.41. The van der Waals surface area contributed by atoms with Crippen LogP contribution in [-0.4, -0.2) is 6.61 Å². The predicted molar refractivity (Wildman–Crippen MR) is 50.1 cm³/mol. The van der Waals surface area contributed by atoms with Gasteiger partial charge in [0.1, 0.15) is 11.3 Å². The number of aryl methyl sites for hydroxylation is 1. The highest BCUT2D eigenvalue weighted by Crippen LogP contribution is 2.19. The Kier molecular flexibility index (Phi) is 2.32. The molecule has 0 aliphatic rings. The highest BCUT2D eigenvalue weighted by atomic mass is 16.3. The normalized spacial score (nSPS) is 10.8. The average molecular weight is 175 g/mol. The topological polar surface area (TPSA) is 33.0 Å². The molecule has 0 saturated carbocycles. The van der Waals surface area contributed by atoms with Gasteiger partial charge >= 0.3 is 0 Å². The molecule has 67 valence electrons. The lowest BCUT2D eigenvalue weighted by atomic mass is 10.2. The van der Waals surface area contributed by atoms with Crippen molar-refractivity contribution in [3.8, 4) is 0 Å². The van der Waals surface area contributed by atoms with E-state index >= 15 is 0 Å². The second-order valence-corrected chi connectivity index (χ2v) is 3.06. The Morgan fingerprint density at radius 3 is 2.85 bits per heavy atom. The van der Waals surface area contributed by atoms with Crippen LogP contribution in [0, 0.1) is 0 Å². The minimum Gasteiger partial charge on any atom is -0.461 e. The van der Waals surface area contributed by atoms with Gasteiger partial charge in [-0.25, -0.2) is 5.11 Å². The van der Waals surface area contributed by atoms with Gasteiger partial charge in [-0.05, 0) is 18.6 Å². The fraction of sp³-hybridized carbons (Fsp3) is 0.273. The Labute approximate surface area is 76.8 Å². The Morgan fingerprint density at radius 2 is 2.08 bits per heavy atom. The van der Waals surface area contributed by atoms with Crippen molar-refractivity contribution in [2.45, 2.75) is 12.8 Å². The Bertz CT molecular complexity index is 357. The summed E-state index contributed by atoms with van der Waals surface area (Å²) in [7, 11) is 0. The quantitative estimate of drug-likeness (QED) is 0.706. The summed E-state index contributed by atoms with van der Waals surface area (Å²) < 4.78 is 5.53. The van der Waals surface area contributed by atoms with Crippen LogP contribution in [-0.2, 0) is 11.5 Å². The molecule has 2 aromatic rings. The van der Waals surface area contributed by atoms with Crippen LogP contribution in [0.5, 0.6) is 0 Å². The molecule has 0 fully saturated rings. The molecule has 1 aromatic heterocycles. The zero-order chi connectivity index (χ0) is 9.10. The Balaban J connectivity index is 2.28. The zero-order valence-corrected chi connectivity index (χ0v) is 7.32. The summed E-state index contributed by atoms with van der Waals surface area (Å²) in [6.45, 7) is -0.0307. The molecule has 2 rings (SSSR count). The second-order valence-electron chi connectivity index (χ2n) is 3.06. The minimum atomic E-state index is -0.0307. The van der Waals surface area contributed by atoms with Crippen LogP contribution >= 0.6 is 0 Å². The first kappa shape index (κ1) is 8.32.